The molecule has 2 N–H and O–H groups in total. The van der Waals surface area contributed by atoms with E-state index in [-0.39, 0.29) is 24.8 Å². The van der Waals surface area contributed by atoms with Crippen LogP contribution in [0.25, 0.3) is 11.0 Å². The fourth-order valence-corrected chi connectivity index (χ4v) is 4.21. The van der Waals surface area contributed by atoms with E-state index < -0.39 is 11.5 Å². The number of carbonyl (C=O) groups excluding carboxylic acids is 2. The summed E-state index contributed by atoms with van der Waals surface area (Å²) in [4.78, 5) is 32.1. The van der Waals surface area contributed by atoms with Crippen molar-refractivity contribution in [1.82, 2.24) is 15.3 Å². The van der Waals surface area contributed by atoms with Crippen LogP contribution in [0.2, 0.25) is 5.02 Å². The highest BCUT2D eigenvalue weighted by molar-refractivity contribution is 6.31. The minimum atomic E-state index is -0.596. The summed E-state index contributed by atoms with van der Waals surface area (Å²) in [5.41, 5.74) is 1.04. The van der Waals surface area contributed by atoms with Gasteiger partial charge in [0, 0.05) is 5.02 Å². The summed E-state index contributed by atoms with van der Waals surface area (Å²) in [5.74, 6) is -0.139. The lowest BCUT2D eigenvalue weighted by Crippen LogP contribution is -2.45. The van der Waals surface area contributed by atoms with Crippen LogP contribution in [0, 0.1) is 5.92 Å². The van der Waals surface area contributed by atoms with E-state index in [9.17, 15) is 9.59 Å². The van der Waals surface area contributed by atoms with E-state index in [4.69, 9.17) is 16.3 Å². The number of nitrogens with one attached hydrogen (secondary N) is 2. The molecule has 1 aromatic carbocycles. The minimum Gasteiger partial charge on any atom is -0.458 e. The highest BCUT2D eigenvalue weighted by atomic mass is 35.5. The average Bonchev–Trinajstić information content (AvgIpc) is 3.13. The number of nitrogens with zero attached hydrogens (tertiary/aromatic N) is 1. The molecule has 7 heteroatoms. The van der Waals surface area contributed by atoms with Crippen LogP contribution in [-0.2, 0) is 20.9 Å². The normalized spacial score (nSPS) is 22.3. The molecule has 0 unspecified atom stereocenters. The number of halogens is 1. The number of hydrogen-bond acceptors (Lipinski definition) is 4. The summed E-state index contributed by atoms with van der Waals surface area (Å²) in [6.45, 7) is 0.284. The van der Waals surface area contributed by atoms with Crippen molar-refractivity contribution < 1.29 is 14.3 Å². The number of benzene rings is 1. The maximum Gasteiger partial charge on any atom is 0.307 e. The molecule has 2 aromatic rings. The van der Waals surface area contributed by atoms with E-state index in [1.54, 1.807) is 12.1 Å². The van der Waals surface area contributed by atoms with Gasteiger partial charge in [0.05, 0.1) is 29.9 Å². The lowest BCUT2D eigenvalue weighted by Gasteiger charge is -2.35. The number of aromatic nitrogens is 2. The topological polar surface area (TPSA) is 84.1 Å². The maximum atomic E-state index is 12.7. The standard InChI is InChI=1S/C18H20ClN3O3/c19-11-4-5-13-14(8-11)22-15(21-13)10-20-17(24)12-9-16(23)25-18(12)6-2-1-3-7-18/h4-5,8,12H,1-3,6-7,9-10H2,(H,20,24)(H,21,22)/t12-/m1/s1. The largest absolute Gasteiger partial charge is 0.458 e. The summed E-state index contributed by atoms with van der Waals surface area (Å²) in [6.07, 6.45) is 4.86. The Morgan fingerprint density at radius 1 is 1.36 bits per heavy atom. The molecule has 1 aliphatic carbocycles. The molecule has 2 aliphatic rings. The second kappa shape index (κ2) is 6.33. The molecular formula is C18H20ClN3O3. The van der Waals surface area contributed by atoms with E-state index >= 15 is 0 Å². The second-order valence-electron chi connectivity index (χ2n) is 6.92. The molecule has 132 valence electrons. The Morgan fingerprint density at radius 2 is 2.16 bits per heavy atom. The minimum absolute atomic E-state index is 0.133. The van der Waals surface area contributed by atoms with E-state index in [0.717, 1.165) is 43.1 Å². The number of rotatable bonds is 3. The van der Waals surface area contributed by atoms with Crippen LogP contribution in [0.5, 0.6) is 0 Å². The number of amides is 1. The maximum absolute atomic E-state index is 12.7. The Labute approximate surface area is 150 Å². The number of imidazole rings is 1. The number of aromatic amines is 1. The van der Waals surface area contributed by atoms with Crippen molar-refractivity contribution in [2.24, 2.45) is 5.92 Å². The molecule has 2 fully saturated rings. The van der Waals surface area contributed by atoms with Gasteiger partial charge in [-0.25, -0.2) is 4.98 Å². The zero-order valence-electron chi connectivity index (χ0n) is 13.8. The van der Waals surface area contributed by atoms with Crippen molar-refractivity contribution in [3.05, 3.63) is 29.0 Å². The second-order valence-corrected chi connectivity index (χ2v) is 7.36. The van der Waals surface area contributed by atoms with Crippen LogP contribution in [0.4, 0.5) is 0 Å². The molecule has 1 amide bonds. The van der Waals surface area contributed by atoms with E-state index in [1.165, 1.54) is 0 Å². The molecule has 1 saturated heterocycles. The molecule has 0 radical (unpaired) electrons. The van der Waals surface area contributed by atoms with Crippen molar-refractivity contribution >= 4 is 34.5 Å². The van der Waals surface area contributed by atoms with Gasteiger partial charge in [0.2, 0.25) is 5.91 Å². The molecule has 1 aliphatic heterocycles. The first kappa shape index (κ1) is 16.4. The van der Waals surface area contributed by atoms with Gasteiger partial charge >= 0.3 is 5.97 Å². The summed E-state index contributed by atoms with van der Waals surface area (Å²) in [7, 11) is 0. The van der Waals surface area contributed by atoms with Gasteiger partial charge < -0.3 is 15.0 Å². The highest BCUT2D eigenvalue weighted by Gasteiger charge is 2.52. The predicted molar refractivity (Wildman–Crippen MR) is 93.0 cm³/mol. The number of hydrogen-bond donors (Lipinski definition) is 2. The van der Waals surface area contributed by atoms with Crippen LogP contribution in [0.15, 0.2) is 18.2 Å². The summed E-state index contributed by atoms with van der Waals surface area (Å²) in [5, 5.41) is 3.54. The predicted octanol–water partition coefficient (Wildman–Crippen LogP) is 3.10. The fourth-order valence-electron chi connectivity index (χ4n) is 4.04. The molecule has 2 heterocycles. The van der Waals surface area contributed by atoms with Gasteiger partial charge in [-0.15, -0.1) is 0 Å². The van der Waals surface area contributed by atoms with Crippen molar-refractivity contribution in [1.29, 1.82) is 0 Å². The Hall–Kier alpha value is -2.08. The number of H-pyrrole nitrogens is 1. The Balaban J connectivity index is 1.46. The zero-order valence-corrected chi connectivity index (χ0v) is 14.6. The molecule has 6 nitrogen and oxygen atoms in total. The number of fused-ring (bicyclic) bond motifs is 1. The molecule has 1 spiro atoms. The van der Waals surface area contributed by atoms with Gasteiger partial charge in [-0.1, -0.05) is 18.0 Å². The van der Waals surface area contributed by atoms with Crippen molar-refractivity contribution in [3.8, 4) is 0 Å². The smallest absolute Gasteiger partial charge is 0.307 e. The number of carbonyl (C=O) groups is 2. The quantitative estimate of drug-likeness (QED) is 0.823. The summed E-state index contributed by atoms with van der Waals surface area (Å²) >= 11 is 5.97. The average molecular weight is 362 g/mol. The van der Waals surface area contributed by atoms with Crippen molar-refractivity contribution in [2.45, 2.75) is 50.7 Å². The third kappa shape index (κ3) is 3.11. The highest BCUT2D eigenvalue weighted by Crippen LogP contribution is 2.44. The summed E-state index contributed by atoms with van der Waals surface area (Å²) < 4.78 is 5.60. The molecule has 25 heavy (non-hydrogen) atoms. The molecule has 4 rings (SSSR count). The molecule has 1 atom stereocenters. The Kier molecular flexibility index (Phi) is 4.15. The van der Waals surface area contributed by atoms with Crippen LogP contribution in [-0.4, -0.2) is 27.4 Å². The van der Waals surface area contributed by atoms with Crippen LogP contribution in [0.1, 0.15) is 44.3 Å². The van der Waals surface area contributed by atoms with Gasteiger partial charge in [0.1, 0.15) is 11.4 Å². The Bertz CT molecular complexity index is 826. The lowest BCUT2D eigenvalue weighted by atomic mass is 9.75. The van der Waals surface area contributed by atoms with Crippen LogP contribution in [0.3, 0.4) is 0 Å². The fraction of sp³-hybridized carbons (Fsp3) is 0.500. The van der Waals surface area contributed by atoms with Gasteiger partial charge in [-0.05, 0) is 43.9 Å². The molecule has 1 aromatic heterocycles. The zero-order chi connectivity index (χ0) is 17.4. The third-order valence-electron chi connectivity index (χ3n) is 5.26. The van der Waals surface area contributed by atoms with Gasteiger partial charge in [-0.2, -0.15) is 0 Å². The Morgan fingerprint density at radius 3 is 2.96 bits per heavy atom. The molecular weight excluding hydrogens is 342 g/mol. The summed E-state index contributed by atoms with van der Waals surface area (Å²) in [6, 6.07) is 5.41. The van der Waals surface area contributed by atoms with Crippen molar-refractivity contribution in [2.75, 3.05) is 0 Å². The lowest BCUT2D eigenvalue weighted by molar-refractivity contribution is -0.153. The molecule has 1 saturated carbocycles. The van der Waals surface area contributed by atoms with Gasteiger partial charge in [0.15, 0.2) is 0 Å². The van der Waals surface area contributed by atoms with Crippen LogP contribution < -0.4 is 5.32 Å². The first-order valence-electron chi connectivity index (χ1n) is 8.69. The van der Waals surface area contributed by atoms with E-state index in [2.05, 4.69) is 15.3 Å². The first-order chi connectivity index (χ1) is 12.1. The number of ether oxygens (including phenoxy) is 1. The van der Waals surface area contributed by atoms with Gasteiger partial charge in [-0.3, -0.25) is 9.59 Å². The van der Waals surface area contributed by atoms with Crippen LogP contribution >= 0.6 is 11.6 Å². The van der Waals surface area contributed by atoms with E-state index in [0.29, 0.717) is 10.8 Å². The first-order valence-corrected chi connectivity index (χ1v) is 9.07. The van der Waals surface area contributed by atoms with E-state index in [1.807, 2.05) is 6.07 Å². The molecule has 0 bridgehead atoms. The van der Waals surface area contributed by atoms with Crippen molar-refractivity contribution in [3.63, 3.8) is 0 Å². The number of esters is 1. The third-order valence-corrected chi connectivity index (χ3v) is 5.50. The van der Waals surface area contributed by atoms with Gasteiger partial charge in [0.25, 0.3) is 0 Å². The SMILES string of the molecule is O=C1C[C@H](C(=O)NCc2nc3ccc(Cl)cc3[nH]2)C2(CCCCC2)O1. The monoisotopic (exact) mass is 361 g/mol.